The molecule has 0 radical (unpaired) electrons. The van der Waals surface area contributed by atoms with Crippen molar-refractivity contribution in [3.8, 4) is 0 Å². The summed E-state index contributed by atoms with van der Waals surface area (Å²) in [7, 11) is 0. The summed E-state index contributed by atoms with van der Waals surface area (Å²) >= 11 is 0. The molecule has 3 nitrogen and oxygen atoms in total. The van der Waals surface area contributed by atoms with Crippen LogP contribution in [0.2, 0.25) is 0 Å². The fourth-order valence-corrected chi connectivity index (χ4v) is 2.56. The van der Waals surface area contributed by atoms with E-state index in [0.29, 0.717) is 17.9 Å². The van der Waals surface area contributed by atoms with Crippen LogP contribution in [-0.2, 0) is 4.79 Å². The largest absolute Gasteiger partial charge is 0.323 e. The monoisotopic (exact) mass is 240 g/mol. The van der Waals surface area contributed by atoms with Crippen LogP contribution in [0.25, 0.3) is 0 Å². The molecule has 1 amide bonds. The van der Waals surface area contributed by atoms with Crippen molar-refractivity contribution in [2.24, 2.45) is 5.92 Å². The van der Waals surface area contributed by atoms with E-state index < -0.39 is 0 Å². The molecule has 100 valence electrons. The lowest BCUT2D eigenvalue weighted by Crippen LogP contribution is -2.43. The van der Waals surface area contributed by atoms with Crippen molar-refractivity contribution in [1.82, 2.24) is 10.2 Å². The van der Waals surface area contributed by atoms with Gasteiger partial charge in [0.15, 0.2) is 0 Å². The van der Waals surface area contributed by atoms with Crippen LogP contribution in [0.5, 0.6) is 0 Å². The Hall–Kier alpha value is -0.570. The normalized spacial score (nSPS) is 26.9. The molecule has 3 atom stereocenters. The Morgan fingerprint density at radius 3 is 2.41 bits per heavy atom. The van der Waals surface area contributed by atoms with Crippen LogP contribution >= 0.6 is 0 Å². The highest BCUT2D eigenvalue weighted by Crippen LogP contribution is 2.23. The van der Waals surface area contributed by atoms with Crippen LogP contribution < -0.4 is 5.32 Å². The number of carbonyl (C=O) groups excluding carboxylic acids is 1. The summed E-state index contributed by atoms with van der Waals surface area (Å²) < 4.78 is 0. The van der Waals surface area contributed by atoms with E-state index in [1.54, 1.807) is 0 Å². The van der Waals surface area contributed by atoms with E-state index >= 15 is 0 Å². The molecule has 1 saturated heterocycles. The summed E-state index contributed by atoms with van der Waals surface area (Å²) in [5.41, 5.74) is 0. The van der Waals surface area contributed by atoms with Gasteiger partial charge in [-0.2, -0.15) is 0 Å². The minimum absolute atomic E-state index is 0.0535. The first-order chi connectivity index (χ1) is 8.01. The van der Waals surface area contributed by atoms with E-state index in [0.717, 1.165) is 25.7 Å². The highest BCUT2D eigenvalue weighted by atomic mass is 16.2. The van der Waals surface area contributed by atoms with Gasteiger partial charge in [-0.3, -0.25) is 10.1 Å². The lowest BCUT2D eigenvalue weighted by molar-refractivity contribution is -0.132. The van der Waals surface area contributed by atoms with Crippen LogP contribution in [0, 0.1) is 5.92 Å². The summed E-state index contributed by atoms with van der Waals surface area (Å²) in [4.78, 5) is 14.4. The van der Waals surface area contributed by atoms with Gasteiger partial charge in [-0.05, 0) is 32.1 Å². The van der Waals surface area contributed by atoms with Gasteiger partial charge in [-0.15, -0.1) is 0 Å². The molecule has 0 saturated carbocycles. The summed E-state index contributed by atoms with van der Waals surface area (Å²) in [6.45, 7) is 10.9. The first-order valence-corrected chi connectivity index (χ1v) is 7.09. The van der Waals surface area contributed by atoms with Gasteiger partial charge >= 0.3 is 0 Å². The maximum absolute atomic E-state index is 12.4. The molecule has 1 N–H and O–H groups in total. The van der Waals surface area contributed by atoms with Gasteiger partial charge in [0.2, 0.25) is 5.91 Å². The number of amides is 1. The number of rotatable bonds is 6. The van der Waals surface area contributed by atoms with Crippen LogP contribution in [0.3, 0.4) is 0 Å². The number of nitrogens with one attached hydrogen (secondary N) is 1. The van der Waals surface area contributed by atoms with Crippen LogP contribution in [0.4, 0.5) is 0 Å². The minimum Gasteiger partial charge on any atom is -0.323 e. The zero-order valence-corrected chi connectivity index (χ0v) is 12.0. The summed E-state index contributed by atoms with van der Waals surface area (Å²) in [5.74, 6) is 0.930. The second kappa shape index (κ2) is 6.39. The van der Waals surface area contributed by atoms with Crippen molar-refractivity contribution in [3.63, 3.8) is 0 Å². The Morgan fingerprint density at radius 2 is 1.94 bits per heavy atom. The lowest BCUT2D eigenvalue weighted by Gasteiger charge is -2.30. The van der Waals surface area contributed by atoms with E-state index in [2.05, 4.69) is 44.8 Å². The van der Waals surface area contributed by atoms with Gasteiger partial charge in [-0.1, -0.05) is 34.1 Å². The van der Waals surface area contributed by atoms with Gasteiger partial charge in [0.1, 0.15) is 0 Å². The molecule has 0 aromatic rings. The predicted octanol–water partition coefficient (Wildman–Crippen LogP) is 2.76. The molecular weight excluding hydrogens is 212 g/mol. The van der Waals surface area contributed by atoms with Crippen molar-refractivity contribution in [2.45, 2.75) is 78.6 Å². The maximum Gasteiger partial charge on any atom is 0.241 e. The third kappa shape index (κ3) is 3.44. The second-order valence-corrected chi connectivity index (χ2v) is 5.66. The quantitative estimate of drug-likeness (QED) is 0.774. The average Bonchev–Trinajstić information content (AvgIpc) is 2.54. The number of hydrogen-bond donors (Lipinski definition) is 1. The van der Waals surface area contributed by atoms with Crippen LogP contribution in [0.15, 0.2) is 0 Å². The van der Waals surface area contributed by atoms with Gasteiger partial charge in [-0.25, -0.2) is 0 Å². The van der Waals surface area contributed by atoms with Crippen LogP contribution in [-0.4, -0.2) is 29.1 Å². The highest BCUT2D eigenvalue weighted by Gasteiger charge is 2.40. The third-order valence-electron chi connectivity index (χ3n) is 3.62. The minimum atomic E-state index is 0.0535. The van der Waals surface area contributed by atoms with Gasteiger partial charge in [0.25, 0.3) is 0 Å². The molecule has 3 unspecified atom stereocenters. The molecule has 0 aromatic heterocycles. The fraction of sp³-hybridized carbons (Fsp3) is 0.929. The van der Waals surface area contributed by atoms with Crippen molar-refractivity contribution < 1.29 is 4.79 Å². The third-order valence-corrected chi connectivity index (χ3v) is 3.62. The molecule has 1 aliphatic heterocycles. The summed E-state index contributed by atoms with van der Waals surface area (Å²) in [6.07, 6.45) is 4.35. The van der Waals surface area contributed by atoms with Crippen molar-refractivity contribution >= 4 is 5.91 Å². The molecule has 1 fully saturated rings. The van der Waals surface area contributed by atoms with E-state index in [4.69, 9.17) is 0 Å². The van der Waals surface area contributed by atoms with Crippen molar-refractivity contribution in [2.75, 3.05) is 0 Å². The molecule has 1 rings (SSSR count). The van der Waals surface area contributed by atoms with Gasteiger partial charge in [0, 0.05) is 6.04 Å². The summed E-state index contributed by atoms with van der Waals surface area (Å²) in [5, 5.41) is 3.51. The molecule has 1 aliphatic rings. The van der Waals surface area contributed by atoms with E-state index in [1.165, 1.54) is 0 Å². The smallest absolute Gasteiger partial charge is 0.241 e. The average molecular weight is 240 g/mol. The predicted molar refractivity (Wildman–Crippen MR) is 71.7 cm³/mol. The Morgan fingerprint density at radius 1 is 1.29 bits per heavy atom. The van der Waals surface area contributed by atoms with E-state index in [-0.39, 0.29) is 12.2 Å². The highest BCUT2D eigenvalue weighted by molar-refractivity contribution is 5.84. The molecule has 17 heavy (non-hydrogen) atoms. The Kier molecular flexibility index (Phi) is 5.44. The topological polar surface area (TPSA) is 32.3 Å². The Labute approximate surface area is 106 Å². The zero-order valence-electron chi connectivity index (χ0n) is 12.0. The summed E-state index contributed by atoms with van der Waals surface area (Å²) in [6, 6.07) is 0.401. The number of carbonyl (C=O) groups is 1. The van der Waals surface area contributed by atoms with Crippen molar-refractivity contribution in [3.05, 3.63) is 0 Å². The van der Waals surface area contributed by atoms with Gasteiger partial charge < -0.3 is 4.90 Å². The van der Waals surface area contributed by atoms with Gasteiger partial charge in [0.05, 0.1) is 12.2 Å². The molecule has 0 spiro atoms. The zero-order chi connectivity index (χ0) is 13.0. The Balaban J connectivity index is 2.76. The molecule has 0 bridgehead atoms. The molecular formula is C14H28N2O. The second-order valence-electron chi connectivity index (χ2n) is 5.66. The molecule has 0 aliphatic carbocycles. The first-order valence-electron chi connectivity index (χ1n) is 7.09. The van der Waals surface area contributed by atoms with E-state index in [1.807, 2.05) is 0 Å². The standard InChI is InChI=1S/C14H28N2O/c1-6-8-12-14(17)16(11(5)7-2)13(15-12)9-10(3)4/h10-13,15H,6-9H2,1-5H3. The first kappa shape index (κ1) is 14.5. The van der Waals surface area contributed by atoms with Crippen molar-refractivity contribution in [1.29, 1.82) is 0 Å². The Bertz CT molecular complexity index is 253. The lowest BCUT2D eigenvalue weighted by atomic mass is 10.1. The molecule has 0 aromatic carbocycles. The van der Waals surface area contributed by atoms with Crippen LogP contribution in [0.1, 0.15) is 60.3 Å². The van der Waals surface area contributed by atoms with E-state index in [9.17, 15) is 4.79 Å². The number of nitrogens with zero attached hydrogens (tertiary/aromatic N) is 1. The number of hydrogen-bond acceptors (Lipinski definition) is 2. The fourth-order valence-electron chi connectivity index (χ4n) is 2.56. The SMILES string of the molecule is CCCC1NC(CC(C)C)N(C(C)CC)C1=O. The molecule has 1 heterocycles. The molecule has 3 heteroatoms. The maximum atomic E-state index is 12.4.